The minimum Gasteiger partial charge on any atom is -0.495 e. The van der Waals surface area contributed by atoms with Gasteiger partial charge in [0.1, 0.15) is 24.2 Å². The summed E-state index contributed by atoms with van der Waals surface area (Å²) >= 11 is 0. The third kappa shape index (κ3) is 6.79. The van der Waals surface area contributed by atoms with Gasteiger partial charge in [0, 0.05) is 25.7 Å². The topological polar surface area (TPSA) is 78.4 Å². The molecule has 0 bridgehead atoms. The smallest absolute Gasteiger partial charge is 0.191 e. The Morgan fingerprint density at radius 3 is 2.87 bits per heavy atom. The first kappa shape index (κ1) is 22.7. The lowest BCUT2D eigenvalue weighted by Gasteiger charge is -2.22. The number of rotatable bonds is 9. The van der Waals surface area contributed by atoms with E-state index in [1.165, 1.54) is 0 Å². The SMILES string of the molecule is CCNC(=NCC(O)COc1cccc(C)c1)NC1CCN(c2ccccc2OC)C1. The Balaban J connectivity index is 1.51. The highest BCUT2D eigenvalue weighted by Gasteiger charge is 2.25. The number of nitrogens with one attached hydrogen (secondary N) is 2. The Morgan fingerprint density at radius 2 is 2.10 bits per heavy atom. The third-order valence-corrected chi connectivity index (χ3v) is 5.19. The van der Waals surface area contributed by atoms with Crippen LogP contribution >= 0.6 is 0 Å². The van der Waals surface area contributed by atoms with Crippen molar-refractivity contribution >= 4 is 11.6 Å². The molecule has 1 heterocycles. The molecule has 7 heteroatoms. The summed E-state index contributed by atoms with van der Waals surface area (Å²) < 4.78 is 11.2. The number of ether oxygens (including phenoxy) is 2. The fraction of sp³-hybridized carbons (Fsp3) is 0.458. The third-order valence-electron chi connectivity index (χ3n) is 5.19. The minimum absolute atomic E-state index is 0.206. The second-order valence-corrected chi connectivity index (χ2v) is 7.75. The predicted octanol–water partition coefficient (Wildman–Crippen LogP) is 2.58. The monoisotopic (exact) mass is 426 g/mol. The Labute approximate surface area is 185 Å². The van der Waals surface area contributed by atoms with Crippen molar-refractivity contribution in [2.75, 3.05) is 44.8 Å². The van der Waals surface area contributed by atoms with Gasteiger partial charge in [-0.25, -0.2) is 0 Å². The fourth-order valence-corrected chi connectivity index (χ4v) is 3.65. The van der Waals surface area contributed by atoms with Crippen LogP contribution in [0.4, 0.5) is 5.69 Å². The number of aryl methyl sites for hydroxylation is 1. The van der Waals surface area contributed by atoms with Crippen molar-refractivity contribution in [3.8, 4) is 11.5 Å². The number of guanidine groups is 1. The molecule has 168 valence electrons. The highest BCUT2D eigenvalue weighted by Crippen LogP contribution is 2.30. The van der Waals surface area contributed by atoms with Crippen LogP contribution < -0.4 is 25.0 Å². The van der Waals surface area contributed by atoms with Gasteiger partial charge in [0.2, 0.25) is 0 Å². The summed E-state index contributed by atoms with van der Waals surface area (Å²) in [5, 5.41) is 17.1. The Kier molecular flexibility index (Phi) is 8.41. The van der Waals surface area contributed by atoms with Crippen LogP contribution in [-0.4, -0.2) is 63.1 Å². The lowest BCUT2D eigenvalue weighted by atomic mass is 10.2. The van der Waals surface area contributed by atoms with Gasteiger partial charge < -0.3 is 30.1 Å². The van der Waals surface area contributed by atoms with Gasteiger partial charge in [-0.2, -0.15) is 0 Å². The lowest BCUT2D eigenvalue weighted by molar-refractivity contribution is 0.114. The van der Waals surface area contributed by atoms with Crippen LogP contribution in [0.1, 0.15) is 18.9 Å². The van der Waals surface area contributed by atoms with E-state index in [2.05, 4.69) is 26.6 Å². The van der Waals surface area contributed by atoms with Crippen molar-refractivity contribution in [3.63, 3.8) is 0 Å². The molecule has 3 N–H and O–H groups in total. The Bertz CT molecular complexity index is 858. The van der Waals surface area contributed by atoms with E-state index >= 15 is 0 Å². The van der Waals surface area contributed by atoms with Crippen molar-refractivity contribution in [2.45, 2.75) is 32.4 Å². The molecule has 0 spiro atoms. The lowest BCUT2D eigenvalue weighted by Crippen LogP contribution is -2.45. The molecule has 0 amide bonds. The predicted molar refractivity (Wildman–Crippen MR) is 125 cm³/mol. The maximum Gasteiger partial charge on any atom is 0.191 e. The van der Waals surface area contributed by atoms with E-state index in [0.29, 0.717) is 5.96 Å². The van der Waals surface area contributed by atoms with Crippen molar-refractivity contribution in [3.05, 3.63) is 54.1 Å². The molecule has 1 fully saturated rings. The number of nitrogens with zero attached hydrogens (tertiary/aromatic N) is 2. The van der Waals surface area contributed by atoms with Crippen LogP contribution in [0.25, 0.3) is 0 Å². The molecular weight excluding hydrogens is 392 g/mol. The molecule has 1 saturated heterocycles. The zero-order valence-corrected chi connectivity index (χ0v) is 18.7. The summed E-state index contributed by atoms with van der Waals surface area (Å²) in [7, 11) is 1.70. The molecule has 0 aromatic heterocycles. The Hall–Kier alpha value is -2.93. The van der Waals surface area contributed by atoms with E-state index in [1.807, 2.05) is 56.3 Å². The molecule has 7 nitrogen and oxygen atoms in total. The number of benzene rings is 2. The molecular formula is C24H34N4O3. The van der Waals surface area contributed by atoms with Gasteiger partial charge in [-0.3, -0.25) is 4.99 Å². The largest absolute Gasteiger partial charge is 0.495 e. The number of aliphatic imine (C=N–C) groups is 1. The average molecular weight is 427 g/mol. The van der Waals surface area contributed by atoms with E-state index in [1.54, 1.807) is 7.11 Å². The van der Waals surface area contributed by atoms with Gasteiger partial charge in [-0.1, -0.05) is 24.3 Å². The van der Waals surface area contributed by atoms with Gasteiger partial charge in [-0.05, 0) is 50.1 Å². The molecule has 2 unspecified atom stereocenters. The van der Waals surface area contributed by atoms with Gasteiger partial charge in [0.25, 0.3) is 0 Å². The number of hydrogen-bond acceptors (Lipinski definition) is 5. The maximum atomic E-state index is 10.3. The molecule has 1 aliphatic heterocycles. The molecule has 2 atom stereocenters. The number of para-hydroxylation sites is 2. The number of hydrogen-bond donors (Lipinski definition) is 3. The Morgan fingerprint density at radius 1 is 1.26 bits per heavy atom. The molecule has 31 heavy (non-hydrogen) atoms. The number of anilines is 1. The van der Waals surface area contributed by atoms with Crippen LogP contribution in [0, 0.1) is 6.92 Å². The molecule has 0 aliphatic carbocycles. The van der Waals surface area contributed by atoms with Gasteiger partial charge in [0.05, 0.1) is 19.3 Å². The summed E-state index contributed by atoms with van der Waals surface area (Å²) in [5.74, 6) is 2.36. The van der Waals surface area contributed by atoms with E-state index in [-0.39, 0.29) is 19.2 Å². The fourth-order valence-electron chi connectivity index (χ4n) is 3.65. The van der Waals surface area contributed by atoms with Crippen molar-refractivity contribution in [1.29, 1.82) is 0 Å². The first-order valence-corrected chi connectivity index (χ1v) is 10.9. The zero-order valence-electron chi connectivity index (χ0n) is 18.7. The van der Waals surface area contributed by atoms with Crippen molar-refractivity contribution in [2.24, 2.45) is 4.99 Å². The van der Waals surface area contributed by atoms with Crippen LogP contribution in [0.5, 0.6) is 11.5 Å². The maximum absolute atomic E-state index is 10.3. The molecule has 1 aliphatic rings. The summed E-state index contributed by atoms with van der Waals surface area (Å²) in [6.07, 6.45) is 0.325. The number of methoxy groups -OCH3 is 1. The molecule has 2 aromatic rings. The highest BCUT2D eigenvalue weighted by molar-refractivity contribution is 5.80. The quantitative estimate of drug-likeness (QED) is 0.423. The second-order valence-electron chi connectivity index (χ2n) is 7.75. The normalized spacial score (nSPS) is 17.4. The van der Waals surface area contributed by atoms with Gasteiger partial charge >= 0.3 is 0 Å². The van der Waals surface area contributed by atoms with Crippen LogP contribution in [0.3, 0.4) is 0 Å². The molecule has 3 rings (SSSR count). The summed E-state index contributed by atoms with van der Waals surface area (Å²) in [6.45, 7) is 7.09. The summed E-state index contributed by atoms with van der Waals surface area (Å²) in [6, 6.07) is 16.2. The van der Waals surface area contributed by atoms with Crippen LogP contribution in [-0.2, 0) is 0 Å². The zero-order chi connectivity index (χ0) is 22.1. The van der Waals surface area contributed by atoms with E-state index < -0.39 is 6.10 Å². The average Bonchev–Trinajstić information content (AvgIpc) is 3.24. The first-order chi connectivity index (χ1) is 15.1. The van der Waals surface area contributed by atoms with Crippen LogP contribution in [0.15, 0.2) is 53.5 Å². The second kappa shape index (κ2) is 11.5. The van der Waals surface area contributed by atoms with Crippen LogP contribution in [0.2, 0.25) is 0 Å². The first-order valence-electron chi connectivity index (χ1n) is 10.9. The highest BCUT2D eigenvalue weighted by atomic mass is 16.5. The van der Waals surface area contributed by atoms with Crippen molar-refractivity contribution in [1.82, 2.24) is 10.6 Å². The number of aliphatic hydroxyl groups excluding tert-OH is 1. The van der Waals surface area contributed by atoms with Gasteiger partial charge in [0.15, 0.2) is 5.96 Å². The van der Waals surface area contributed by atoms with Gasteiger partial charge in [-0.15, -0.1) is 0 Å². The summed E-state index contributed by atoms with van der Waals surface area (Å²) in [4.78, 5) is 6.88. The summed E-state index contributed by atoms with van der Waals surface area (Å²) in [5.41, 5.74) is 2.24. The van der Waals surface area contributed by atoms with E-state index in [0.717, 1.165) is 48.8 Å². The standard InChI is InChI=1S/C24H34N4O3/c1-4-25-24(26-15-20(29)17-31-21-9-7-8-18(2)14-21)27-19-12-13-28(16-19)22-10-5-6-11-23(22)30-3/h5-11,14,19-20,29H,4,12-13,15-17H2,1-3H3,(H2,25,26,27). The molecule has 0 saturated carbocycles. The number of aliphatic hydroxyl groups is 1. The minimum atomic E-state index is -0.676. The van der Waals surface area contributed by atoms with Crippen molar-refractivity contribution < 1.29 is 14.6 Å². The van der Waals surface area contributed by atoms with E-state index in [9.17, 15) is 5.11 Å². The molecule has 2 aromatic carbocycles. The van der Waals surface area contributed by atoms with E-state index in [4.69, 9.17) is 9.47 Å². The molecule has 0 radical (unpaired) electrons.